The summed E-state index contributed by atoms with van der Waals surface area (Å²) in [5, 5.41) is 4.36. The van der Waals surface area contributed by atoms with Crippen LogP contribution in [0.5, 0.6) is 0 Å². The van der Waals surface area contributed by atoms with Crippen LogP contribution < -0.4 is 10.9 Å². The van der Waals surface area contributed by atoms with Crippen molar-refractivity contribution in [3.63, 3.8) is 0 Å². The fraction of sp³-hybridized carbons (Fsp3) is 0.300. The normalized spacial score (nSPS) is 13.8. The third kappa shape index (κ3) is 5.71. The van der Waals surface area contributed by atoms with Gasteiger partial charge in [-0.1, -0.05) is 84.8 Å². The van der Waals surface area contributed by atoms with Crippen LogP contribution >= 0.6 is 11.8 Å². The molecule has 1 aliphatic rings. The number of hydrogen-bond acceptors (Lipinski definition) is 4. The summed E-state index contributed by atoms with van der Waals surface area (Å²) in [6, 6.07) is 24.1. The smallest absolute Gasteiger partial charge is 0.262 e. The summed E-state index contributed by atoms with van der Waals surface area (Å²) in [4.78, 5) is 31.4. The van der Waals surface area contributed by atoms with E-state index in [1.807, 2.05) is 18.2 Å². The summed E-state index contributed by atoms with van der Waals surface area (Å²) in [6.07, 6.45) is 5.13. The molecule has 1 heterocycles. The highest BCUT2D eigenvalue weighted by Gasteiger charge is 2.19. The molecule has 0 unspecified atom stereocenters. The predicted octanol–water partition coefficient (Wildman–Crippen LogP) is 5.91. The molecule has 1 aliphatic carbocycles. The first kappa shape index (κ1) is 24.3. The monoisotopic (exact) mass is 497 g/mol. The van der Waals surface area contributed by atoms with Crippen molar-refractivity contribution < 1.29 is 4.79 Å². The molecule has 4 aromatic rings. The van der Waals surface area contributed by atoms with Crippen LogP contribution in [-0.4, -0.2) is 21.5 Å². The molecule has 1 N–H and O–H groups in total. The number of hydrogen-bond donors (Lipinski definition) is 1. The molecule has 1 saturated carbocycles. The summed E-state index contributed by atoms with van der Waals surface area (Å²) in [6.45, 7) is 2.63. The summed E-state index contributed by atoms with van der Waals surface area (Å²) in [7, 11) is 0. The van der Waals surface area contributed by atoms with E-state index in [1.54, 1.807) is 34.5 Å². The lowest BCUT2D eigenvalue weighted by Crippen LogP contribution is -2.32. The molecule has 184 valence electrons. The van der Waals surface area contributed by atoms with E-state index in [2.05, 4.69) is 48.6 Å². The Balaban J connectivity index is 1.47. The van der Waals surface area contributed by atoms with Gasteiger partial charge in [-0.25, -0.2) is 4.98 Å². The van der Waals surface area contributed by atoms with Crippen molar-refractivity contribution in [1.29, 1.82) is 0 Å². The fourth-order valence-electron chi connectivity index (χ4n) is 4.82. The molecule has 5 rings (SSSR count). The highest BCUT2D eigenvalue weighted by molar-refractivity contribution is 7.98. The molecule has 0 spiro atoms. The Labute approximate surface area is 216 Å². The fourth-order valence-corrected chi connectivity index (χ4v) is 5.79. The van der Waals surface area contributed by atoms with E-state index in [1.165, 1.54) is 16.7 Å². The average Bonchev–Trinajstić information content (AvgIpc) is 3.40. The molecule has 0 atom stereocenters. The summed E-state index contributed by atoms with van der Waals surface area (Å²) in [5.41, 5.74) is 4.64. The average molecular weight is 498 g/mol. The van der Waals surface area contributed by atoms with Crippen LogP contribution in [0.2, 0.25) is 0 Å². The minimum atomic E-state index is -0.0900. The summed E-state index contributed by atoms with van der Waals surface area (Å²) >= 11 is 1.56. The highest BCUT2D eigenvalue weighted by Crippen LogP contribution is 2.24. The first-order chi connectivity index (χ1) is 17.6. The molecule has 1 aromatic heterocycles. The zero-order valence-corrected chi connectivity index (χ0v) is 21.4. The third-order valence-electron chi connectivity index (χ3n) is 6.79. The lowest BCUT2D eigenvalue weighted by molar-refractivity contribution is 0.0938. The van der Waals surface area contributed by atoms with Crippen molar-refractivity contribution in [2.75, 3.05) is 0 Å². The van der Waals surface area contributed by atoms with Gasteiger partial charge in [0.1, 0.15) is 0 Å². The van der Waals surface area contributed by atoms with Crippen molar-refractivity contribution in [2.24, 2.45) is 0 Å². The van der Waals surface area contributed by atoms with Gasteiger partial charge >= 0.3 is 0 Å². The minimum absolute atomic E-state index is 0.0644. The Morgan fingerprint density at radius 3 is 2.56 bits per heavy atom. The highest BCUT2D eigenvalue weighted by atomic mass is 32.2. The number of aryl methyl sites for hydroxylation is 2. The van der Waals surface area contributed by atoms with E-state index in [0.29, 0.717) is 33.9 Å². The molecule has 0 aliphatic heterocycles. The maximum absolute atomic E-state index is 13.6. The van der Waals surface area contributed by atoms with Gasteiger partial charge in [-0.3, -0.25) is 14.2 Å². The van der Waals surface area contributed by atoms with Gasteiger partial charge in [0.25, 0.3) is 11.5 Å². The van der Waals surface area contributed by atoms with Crippen LogP contribution in [0.4, 0.5) is 0 Å². The molecular weight excluding hydrogens is 466 g/mol. The zero-order chi connectivity index (χ0) is 24.9. The van der Waals surface area contributed by atoms with E-state index in [0.717, 1.165) is 32.1 Å². The molecule has 0 bridgehead atoms. The number of fused-ring (bicyclic) bond motifs is 1. The maximum Gasteiger partial charge on any atom is 0.262 e. The Morgan fingerprint density at radius 1 is 1.00 bits per heavy atom. The molecular formula is C30H31N3O2S. The van der Waals surface area contributed by atoms with E-state index < -0.39 is 0 Å². The Morgan fingerprint density at radius 2 is 1.78 bits per heavy atom. The standard InChI is InChI=1S/C30H31N3O2S/c1-21-8-7-11-23(18-21)20-36-30-32-27-19-24(28(34)31-25-12-5-6-13-25)14-15-26(27)29(35)33(30)17-16-22-9-3-2-4-10-22/h2-4,7-11,14-15,18-19,25H,5-6,12-13,16-17,20H2,1H3,(H,31,34). The topological polar surface area (TPSA) is 64.0 Å². The Kier molecular flexibility index (Phi) is 7.52. The molecule has 5 nitrogen and oxygen atoms in total. The first-order valence-corrected chi connectivity index (χ1v) is 13.6. The quantitative estimate of drug-likeness (QED) is 0.243. The first-order valence-electron chi connectivity index (χ1n) is 12.6. The lowest BCUT2D eigenvalue weighted by Gasteiger charge is -2.15. The van der Waals surface area contributed by atoms with Crippen LogP contribution in [0.1, 0.15) is 52.7 Å². The molecule has 6 heteroatoms. The molecule has 36 heavy (non-hydrogen) atoms. The van der Waals surface area contributed by atoms with Crippen molar-refractivity contribution in [2.45, 2.75) is 62.5 Å². The van der Waals surface area contributed by atoms with Gasteiger partial charge in [0.05, 0.1) is 10.9 Å². The lowest BCUT2D eigenvalue weighted by atomic mass is 10.1. The van der Waals surface area contributed by atoms with Crippen molar-refractivity contribution in [3.8, 4) is 0 Å². The number of carbonyl (C=O) groups is 1. The van der Waals surface area contributed by atoms with Gasteiger partial charge in [0.15, 0.2) is 5.16 Å². The van der Waals surface area contributed by atoms with E-state index in [4.69, 9.17) is 4.98 Å². The van der Waals surface area contributed by atoms with Crippen LogP contribution in [0.25, 0.3) is 10.9 Å². The van der Waals surface area contributed by atoms with Gasteiger partial charge in [0.2, 0.25) is 0 Å². The number of nitrogens with zero attached hydrogens (tertiary/aromatic N) is 2. The second-order valence-electron chi connectivity index (χ2n) is 9.55. The maximum atomic E-state index is 13.6. The van der Waals surface area contributed by atoms with E-state index in [-0.39, 0.29) is 17.5 Å². The summed E-state index contributed by atoms with van der Waals surface area (Å²) < 4.78 is 1.79. The number of nitrogens with one attached hydrogen (secondary N) is 1. The van der Waals surface area contributed by atoms with Crippen LogP contribution in [0.15, 0.2) is 82.7 Å². The second kappa shape index (κ2) is 11.1. The number of thioether (sulfide) groups is 1. The Hall–Kier alpha value is -3.38. The molecule has 3 aromatic carbocycles. The largest absolute Gasteiger partial charge is 0.349 e. The van der Waals surface area contributed by atoms with Gasteiger partial charge in [-0.15, -0.1) is 0 Å². The third-order valence-corrected chi connectivity index (χ3v) is 7.84. The molecule has 0 radical (unpaired) electrons. The predicted molar refractivity (Wildman–Crippen MR) is 147 cm³/mol. The summed E-state index contributed by atoms with van der Waals surface area (Å²) in [5.74, 6) is 0.625. The number of amides is 1. The second-order valence-corrected chi connectivity index (χ2v) is 10.5. The van der Waals surface area contributed by atoms with Crippen LogP contribution in [0, 0.1) is 6.92 Å². The van der Waals surface area contributed by atoms with Gasteiger partial charge in [-0.05, 0) is 55.5 Å². The molecule has 1 amide bonds. The van der Waals surface area contributed by atoms with Gasteiger partial charge in [0, 0.05) is 23.9 Å². The Bertz CT molecular complexity index is 1430. The molecule has 1 fully saturated rings. The van der Waals surface area contributed by atoms with Gasteiger partial charge < -0.3 is 5.32 Å². The van der Waals surface area contributed by atoms with Crippen molar-refractivity contribution in [3.05, 3.63) is 105 Å². The van der Waals surface area contributed by atoms with E-state index in [9.17, 15) is 9.59 Å². The SMILES string of the molecule is Cc1cccc(CSc2nc3cc(C(=O)NC4CCCC4)ccc3c(=O)n2CCc2ccccc2)c1. The van der Waals surface area contributed by atoms with Crippen molar-refractivity contribution in [1.82, 2.24) is 14.9 Å². The number of rotatable bonds is 8. The zero-order valence-electron chi connectivity index (χ0n) is 20.6. The van der Waals surface area contributed by atoms with Crippen molar-refractivity contribution >= 4 is 28.6 Å². The van der Waals surface area contributed by atoms with Gasteiger partial charge in [-0.2, -0.15) is 0 Å². The number of aromatic nitrogens is 2. The number of benzene rings is 3. The minimum Gasteiger partial charge on any atom is -0.349 e. The van der Waals surface area contributed by atoms with Crippen LogP contribution in [-0.2, 0) is 18.7 Å². The number of carbonyl (C=O) groups excluding carboxylic acids is 1. The van der Waals surface area contributed by atoms with Crippen LogP contribution in [0.3, 0.4) is 0 Å². The molecule has 0 saturated heterocycles. The van der Waals surface area contributed by atoms with E-state index >= 15 is 0 Å².